The zero-order chi connectivity index (χ0) is 19.9. The van der Waals surface area contributed by atoms with Gasteiger partial charge in [0, 0.05) is 0 Å². The van der Waals surface area contributed by atoms with Crippen LogP contribution in [0.5, 0.6) is 0 Å². The summed E-state index contributed by atoms with van der Waals surface area (Å²) in [5.74, 6) is 1.47. The van der Waals surface area contributed by atoms with Gasteiger partial charge in [-0.3, -0.25) is 0 Å². The maximum Gasteiger partial charge on any atom is 0.126 e. The van der Waals surface area contributed by atoms with Crippen molar-refractivity contribution in [1.29, 1.82) is 0 Å². The van der Waals surface area contributed by atoms with Crippen LogP contribution < -0.4 is 0 Å². The average Bonchev–Trinajstić information content (AvgIpc) is 2.75. The molecule has 1 aliphatic carbocycles. The number of hydrogen-bond acceptors (Lipinski definition) is 2. The molecule has 0 bridgehead atoms. The van der Waals surface area contributed by atoms with E-state index in [0.29, 0.717) is 5.92 Å². The Hall–Kier alpha value is -2.32. The molecular formula is C26H32O2. The summed E-state index contributed by atoms with van der Waals surface area (Å²) in [6.07, 6.45) is 6.44. The summed E-state index contributed by atoms with van der Waals surface area (Å²) in [6.45, 7) is 8.72. The van der Waals surface area contributed by atoms with Crippen LogP contribution in [0.4, 0.5) is 0 Å². The van der Waals surface area contributed by atoms with Crippen molar-refractivity contribution in [3.8, 4) is 0 Å². The van der Waals surface area contributed by atoms with Crippen LogP contribution in [0.15, 0.2) is 84.1 Å². The lowest BCUT2D eigenvalue weighted by Gasteiger charge is -2.30. The van der Waals surface area contributed by atoms with E-state index < -0.39 is 0 Å². The molecule has 2 aromatic rings. The van der Waals surface area contributed by atoms with Gasteiger partial charge in [0.2, 0.25) is 0 Å². The highest BCUT2D eigenvalue weighted by Crippen LogP contribution is 2.33. The predicted octanol–water partition coefficient (Wildman–Crippen LogP) is 7.17. The maximum absolute atomic E-state index is 6.45. The third-order valence-electron chi connectivity index (χ3n) is 5.59. The molecular weight excluding hydrogens is 344 g/mol. The van der Waals surface area contributed by atoms with Gasteiger partial charge in [-0.05, 0) is 55.4 Å². The van der Waals surface area contributed by atoms with Crippen LogP contribution in [0, 0.1) is 5.92 Å². The van der Waals surface area contributed by atoms with Crippen molar-refractivity contribution in [1.82, 2.24) is 0 Å². The smallest absolute Gasteiger partial charge is 0.126 e. The highest BCUT2D eigenvalue weighted by atomic mass is 16.5. The first-order chi connectivity index (χ1) is 13.6. The highest BCUT2D eigenvalue weighted by molar-refractivity contribution is 5.31. The predicted molar refractivity (Wildman–Crippen MR) is 116 cm³/mol. The third-order valence-corrected chi connectivity index (χ3v) is 5.59. The molecule has 1 aliphatic rings. The van der Waals surface area contributed by atoms with Gasteiger partial charge in [-0.25, -0.2) is 0 Å². The van der Waals surface area contributed by atoms with Gasteiger partial charge in [0.05, 0.1) is 6.10 Å². The molecule has 0 radical (unpaired) electrons. The van der Waals surface area contributed by atoms with Gasteiger partial charge in [-0.15, -0.1) is 0 Å². The van der Waals surface area contributed by atoms with Crippen molar-refractivity contribution in [2.24, 2.45) is 5.92 Å². The molecule has 3 rings (SSSR count). The van der Waals surface area contributed by atoms with E-state index in [2.05, 4.69) is 88.4 Å². The fraction of sp³-hybridized carbons (Fsp3) is 0.385. The molecule has 148 valence electrons. The van der Waals surface area contributed by atoms with Gasteiger partial charge in [0.15, 0.2) is 0 Å². The van der Waals surface area contributed by atoms with Gasteiger partial charge in [0.25, 0.3) is 0 Å². The van der Waals surface area contributed by atoms with Crippen LogP contribution in [0.2, 0.25) is 0 Å². The Balaban J connectivity index is 1.78. The molecule has 0 N–H and O–H groups in total. The SMILES string of the molecule is CCC(C)C1=CCC(OC(C)c2ccccc2)C(OC(C)c2ccccc2)=C1. The Kier molecular flexibility index (Phi) is 7.11. The Morgan fingerprint density at radius 2 is 1.43 bits per heavy atom. The molecule has 28 heavy (non-hydrogen) atoms. The normalized spacial score (nSPS) is 19.9. The first-order valence-corrected chi connectivity index (χ1v) is 10.4. The number of hydrogen-bond donors (Lipinski definition) is 0. The van der Waals surface area contributed by atoms with Crippen molar-refractivity contribution < 1.29 is 9.47 Å². The Morgan fingerprint density at radius 1 is 0.857 bits per heavy atom. The monoisotopic (exact) mass is 376 g/mol. The third kappa shape index (κ3) is 5.14. The molecule has 0 amide bonds. The van der Waals surface area contributed by atoms with Crippen molar-refractivity contribution >= 4 is 0 Å². The lowest BCUT2D eigenvalue weighted by Crippen LogP contribution is -2.23. The van der Waals surface area contributed by atoms with Gasteiger partial charge >= 0.3 is 0 Å². The van der Waals surface area contributed by atoms with E-state index in [1.807, 2.05) is 12.1 Å². The van der Waals surface area contributed by atoms with Crippen LogP contribution in [-0.2, 0) is 9.47 Å². The Morgan fingerprint density at radius 3 is 2.00 bits per heavy atom. The van der Waals surface area contributed by atoms with Gasteiger partial charge in [-0.1, -0.05) is 80.6 Å². The first-order valence-electron chi connectivity index (χ1n) is 10.4. The zero-order valence-corrected chi connectivity index (χ0v) is 17.5. The molecule has 0 fully saturated rings. The van der Waals surface area contributed by atoms with Gasteiger partial charge < -0.3 is 9.47 Å². The van der Waals surface area contributed by atoms with Crippen LogP contribution in [0.1, 0.15) is 63.9 Å². The molecule has 2 aromatic carbocycles. The standard InChI is InChI=1S/C26H32O2/c1-5-19(2)24-16-17-25(27-20(3)22-12-8-6-9-13-22)26(18-24)28-21(4)23-14-10-7-11-15-23/h6-16,18-21,25H,5,17H2,1-4H3. The fourth-order valence-corrected chi connectivity index (χ4v) is 3.53. The number of rotatable bonds is 8. The Bertz CT molecular complexity index is 792. The van der Waals surface area contributed by atoms with E-state index in [1.165, 1.54) is 16.7 Å². The second-order valence-electron chi connectivity index (χ2n) is 7.64. The first kappa shape index (κ1) is 20.4. The molecule has 4 unspecified atom stereocenters. The lowest BCUT2D eigenvalue weighted by atomic mass is 9.91. The van der Waals surface area contributed by atoms with Gasteiger partial charge in [0.1, 0.15) is 18.0 Å². The molecule has 2 heteroatoms. The molecule has 0 spiro atoms. The van der Waals surface area contributed by atoms with E-state index in [9.17, 15) is 0 Å². The summed E-state index contributed by atoms with van der Waals surface area (Å²) in [6, 6.07) is 20.8. The molecule has 0 aromatic heterocycles. The summed E-state index contributed by atoms with van der Waals surface area (Å²) < 4.78 is 12.9. The molecule has 4 atom stereocenters. The summed E-state index contributed by atoms with van der Waals surface area (Å²) in [5, 5.41) is 0. The minimum Gasteiger partial charge on any atom is -0.488 e. The van der Waals surface area contributed by atoms with E-state index in [4.69, 9.17) is 9.47 Å². The highest BCUT2D eigenvalue weighted by Gasteiger charge is 2.26. The molecule has 0 saturated heterocycles. The second-order valence-corrected chi connectivity index (χ2v) is 7.64. The van der Waals surface area contributed by atoms with Crippen LogP contribution in [0.3, 0.4) is 0 Å². The Labute approximate surface area is 169 Å². The van der Waals surface area contributed by atoms with Crippen molar-refractivity contribution in [2.75, 3.05) is 0 Å². The molecule has 0 heterocycles. The van der Waals surface area contributed by atoms with Crippen molar-refractivity contribution in [2.45, 2.75) is 58.8 Å². The molecule has 2 nitrogen and oxygen atoms in total. The van der Waals surface area contributed by atoms with E-state index >= 15 is 0 Å². The van der Waals surface area contributed by atoms with Crippen LogP contribution in [-0.4, -0.2) is 6.10 Å². The number of benzene rings is 2. The van der Waals surface area contributed by atoms with Gasteiger partial charge in [-0.2, -0.15) is 0 Å². The second kappa shape index (κ2) is 9.75. The van der Waals surface area contributed by atoms with Crippen LogP contribution in [0.25, 0.3) is 0 Å². The minimum atomic E-state index is -0.0609. The van der Waals surface area contributed by atoms with Crippen molar-refractivity contribution in [3.05, 3.63) is 95.3 Å². The number of allylic oxidation sites excluding steroid dienone is 2. The topological polar surface area (TPSA) is 18.5 Å². The molecule has 0 aliphatic heterocycles. The van der Waals surface area contributed by atoms with Crippen molar-refractivity contribution in [3.63, 3.8) is 0 Å². The summed E-state index contributed by atoms with van der Waals surface area (Å²) >= 11 is 0. The average molecular weight is 377 g/mol. The minimum absolute atomic E-state index is 0.0122. The lowest BCUT2D eigenvalue weighted by molar-refractivity contribution is -0.0277. The summed E-state index contributed by atoms with van der Waals surface area (Å²) in [7, 11) is 0. The van der Waals surface area contributed by atoms with E-state index in [1.54, 1.807) is 0 Å². The number of ether oxygens (including phenoxy) is 2. The quantitative estimate of drug-likeness (QED) is 0.486. The molecule has 0 saturated carbocycles. The van der Waals surface area contributed by atoms with E-state index in [0.717, 1.165) is 18.6 Å². The zero-order valence-electron chi connectivity index (χ0n) is 17.5. The van der Waals surface area contributed by atoms with E-state index in [-0.39, 0.29) is 18.3 Å². The summed E-state index contributed by atoms with van der Waals surface area (Å²) in [4.78, 5) is 0. The van der Waals surface area contributed by atoms with Crippen LogP contribution >= 0.6 is 0 Å². The largest absolute Gasteiger partial charge is 0.488 e. The maximum atomic E-state index is 6.45. The fourth-order valence-electron chi connectivity index (χ4n) is 3.53. The summed E-state index contributed by atoms with van der Waals surface area (Å²) in [5.41, 5.74) is 3.72.